The summed E-state index contributed by atoms with van der Waals surface area (Å²) in [7, 11) is 0. The Balaban J connectivity index is 1.04. The molecular weight excluding hydrogens is 751 g/mol. The lowest BCUT2D eigenvalue weighted by Gasteiger charge is -2.13. The molecule has 0 aliphatic carbocycles. The van der Waals surface area contributed by atoms with Crippen molar-refractivity contribution in [1.29, 1.82) is 0 Å². The van der Waals surface area contributed by atoms with Crippen molar-refractivity contribution < 1.29 is 0 Å². The van der Waals surface area contributed by atoms with Crippen LogP contribution >= 0.6 is 0 Å². The van der Waals surface area contributed by atoms with Crippen LogP contribution in [0, 0.1) is 0 Å². The molecule has 10 aromatic carbocycles. The second-order valence-corrected chi connectivity index (χ2v) is 15.6. The van der Waals surface area contributed by atoms with Gasteiger partial charge in [-0.05, 0) is 89.3 Å². The molecule has 3 nitrogen and oxygen atoms in total. The summed E-state index contributed by atoms with van der Waals surface area (Å²) in [5.41, 5.74) is 14.4. The smallest absolute Gasteiger partial charge is 0.164 e. The van der Waals surface area contributed by atoms with Crippen LogP contribution in [0.25, 0.3) is 111 Å². The van der Waals surface area contributed by atoms with Crippen molar-refractivity contribution in [1.82, 2.24) is 15.0 Å². The first kappa shape index (κ1) is 36.8. The van der Waals surface area contributed by atoms with Gasteiger partial charge in [-0.1, -0.05) is 224 Å². The van der Waals surface area contributed by atoms with Crippen LogP contribution in [0.2, 0.25) is 0 Å². The summed E-state index contributed by atoms with van der Waals surface area (Å²) in [5.74, 6) is 1.85. The van der Waals surface area contributed by atoms with Crippen LogP contribution < -0.4 is 0 Å². The van der Waals surface area contributed by atoms with Gasteiger partial charge in [-0.15, -0.1) is 0 Å². The molecule has 290 valence electrons. The molecule has 0 aliphatic rings. The molecule has 62 heavy (non-hydrogen) atoms. The fourth-order valence-corrected chi connectivity index (χ4v) is 8.73. The predicted octanol–water partition coefficient (Wildman–Crippen LogP) is 15.5. The van der Waals surface area contributed by atoms with Crippen LogP contribution in [0.1, 0.15) is 0 Å². The van der Waals surface area contributed by atoms with E-state index in [1.807, 2.05) is 0 Å². The Kier molecular flexibility index (Phi) is 9.53. The lowest BCUT2D eigenvalue weighted by atomic mass is 9.92. The normalized spacial score (nSPS) is 11.2. The highest BCUT2D eigenvalue weighted by molar-refractivity contribution is 6.04. The largest absolute Gasteiger partial charge is 0.208 e. The maximum absolute atomic E-state index is 5.24. The fraction of sp³-hybridized carbons (Fsp3) is 0. The van der Waals surface area contributed by atoms with Crippen LogP contribution in [0.5, 0.6) is 0 Å². The standard InChI is InChI=1S/C59H39N3/c1-3-16-40(17-4-1)49-27-9-10-28-51(49)43-34-36-44(37-35-43)57-60-58(47-24-11-22-45(38-47)53-29-13-21-42-20-7-8-26-50(42)53)62-59(61-57)48-25-12-23-46(39-48)54-31-15-32-55-52(30-14-33-56(54)55)41-18-5-2-6-19-41/h1-39H. The molecule has 0 aliphatic heterocycles. The molecule has 1 heterocycles. The maximum atomic E-state index is 5.24. The van der Waals surface area contributed by atoms with E-state index in [-0.39, 0.29) is 0 Å². The minimum absolute atomic E-state index is 0.617. The summed E-state index contributed by atoms with van der Waals surface area (Å²) in [5, 5.41) is 4.83. The van der Waals surface area contributed by atoms with E-state index in [4.69, 9.17) is 15.0 Å². The Morgan fingerprint density at radius 3 is 1.10 bits per heavy atom. The monoisotopic (exact) mass is 789 g/mol. The lowest BCUT2D eigenvalue weighted by molar-refractivity contribution is 1.07. The molecule has 0 spiro atoms. The molecule has 0 unspecified atom stereocenters. The third-order valence-electron chi connectivity index (χ3n) is 11.8. The number of benzene rings is 10. The number of fused-ring (bicyclic) bond motifs is 2. The van der Waals surface area contributed by atoms with Gasteiger partial charge in [0, 0.05) is 16.7 Å². The first-order chi connectivity index (χ1) is 30.7. The fourth-order valence-electron chi connectivity index (χ4n) is 8.73. The first-order valence-corrected chi connectivity index (χ1v) is 21.0. The molecule has 11 aromatic rings. The average molecular weight is 790 g/mol. The number of hydrogen-bond acceptors (Lipinski definition) is 3. The van der Waals surface area contributed by atoms with E-state index in [2.05, 4.69) is 237 Å². The summed E-state index contributed by atoms with van der Waals surface area (Å²) >= 11 is 0. The van der Waals surface area contributed by atoms with Gasteiger partial charge in [-0.25, -0.2) is 15.0 Å². The summed E-state index contributed by atoms with van der Waals surface area (Å²) < 4.78 is 0. The number of aromatic nitrogens is 3. The molecule has 0 fully saturated rings. The molecule has 11 rings (SSSR count). The predicted molar refractivity (Wildman–Crippen MR) is 258 cm³/mol. The van der Waals surface area contributed by atoms with Gasteiger partial charge in [0.25, 0.3) is 0 Å². The van der Waals surface area contributed by atoms with E-state index in [1.54, 1.807) is 0 Å². The van der Waals surface area contributed by atoms with Gasteiger partial charge in [0.05, 0.1) is 0 Å². The Morgan fingerprint density at radius 1 is 0.194 bits per heavy atom. The quantitative estimate of drug-likeness (QED) is 0.154. The molecule has 0 saturated carbocycles. The Bertz CT molecular complexity index is 3390. The molecule has 0 N–H and O–H groups in total. The van der Waals surface area contributed by atoms with Crippen LogP contribution in [0.3, 0.4) is 0 Å². The molecule has 3 heteroatoms. The van der Waals surface area contributed by atoms with Crippen molar-refractivity contribution in [3.8, 4) is 89.8 Å². The highest BCUT2D eigenvalue weighted by Gasteiger charge is 2.16. The zero-order valence-corrected chi connectivity index (χ0v) is 33.9. The molecular formula is C59H39N3. The summed E-state index contributed by atoms with van der Waals surface area (Å²) in [6.45, 7) is 0. The van der Waals surface area contributed by atoms with Gasteiger partial charge in [-0.2, -0.15) is 0 Å². The van der Waals surface area contributed by atoms with Gasteiger partial charge >= 0.3 is 0 Å². The van der Waals surface area contributed by atoms with Crippen molar-refractivity contribution in [2.75, 3.05) is 0 Å². The minimum Gasteiger partial charge on any atom is -0.208 e. The van der Waals surface area contributed by atoms with Gasteiger partial charge in [0.2, 0.25) is 0 Å². The van der Waals surface area contributed by atoms with Crippen LogP contribution in [-0.2, 0) is 0 Å². The molecule has 0 saturated heterocycles. The SMILES string of the molecule is c1ccc(-c2ccccc2-c2ccc(-c3nc(-c4cccc(-c5cccc6ccccc56)c4)nc(-c4cccc(-c5cccc6c(-c7ccccc7)cccc56)c4)n3)cc2)cc1. The Labute approximate surface area is 361 Å². The maximum Gasteiger partial charge on any atom is 0.164 e. The number of rotatable bonds is 8. The molecule has 1 aromatic heterocycles. The second-order valence-electron chi connectivity index (χ2n) is 15.6. The highest BCUT2D eigenvalue weighted by Crippen LogP contribution is 2.38. The van der Waals surface area contributed by atoms with E-state index in [0.717, 1.165) is 38.9 Å². The van der Waals surface area contributed by atoms with Crippen molar-refractivity contribution >= 4 is 21.5 Å². The summed E-state index contributed by atoms with van der Waals surface area (Å²) in [4.78, 5) is 15.7. The van der Waals surface area contributed by atoms with Crippen molar-refractivity contribution in [3.63, 3.8) is 0 Å². The van der Waals surface area contributed by atoms with Gasteiger partial charge < -0.3 is 0 Å². The van der Waals surface area contributed by atoms with Gasteiger partial charge in [-0.3, -0.25) is 0 Å². The van der Waals surface area contributed by atoms with Crippen molar-refractivity contribution in [2.24, 2.45) is 0 Å². The van der Waals surface area contributed by atoms with E-state index in [0.29, 0.717) is 17.5 Å². The Morgan fingerprint density at radius 2 is 0.516 bits per heavy atom. The zero-order chi connectivity index (χ0) is 41.2. The third kappa shape index (κ3) is 7.02. The van der Waals surface area contributed by atoms with Gasteiger partial charge in [0.15, 0.2) is 17.5 Å². The zero-order valence-electron chi connectivity index (χ0n) is 33.9. The summed E-state index contributed by atoms with van der Waals surface area (Å²) in [6, 6.07) is 83.6. The van der Waals surface area contributed by atoms with E-state index < -0.39 is 0 Å². The third-order valence-corrected chi connectivity index (χ3v) is 11.8. The van der Waals surface area contributed by atoms with Crippen LogP contribution in [-0.4, -0.2) is 15.0 Å². The van der Waals surface area contributed by atoms with Crippen LogP contribution in [0.15, 0.2) is 237 Å². The molecule has 0 atom stereocenters. The van der Waals surface area contributed by atoms with E-state index in [9.17, 15) is 0 Å². The topological polar surface area (TPSA) is 38.7 Å². The minimum atomic E-state index is 0.617. The molecule has 0 amide bonds. The first-order valence-electron chi connectivity index (χ1n) is 21.0. The number of hydrogen-bond donors (Lipinski definition) is 0. The average Bonchev–Trinajstić information content (AvgIpc) is 3.36. The highest BCUT2D eigenvalue weighted by atomic mass is 15.0. The van der Waals surface area contributed by atoms with Gasteiger partial charge in [0.1, 0.15) is 0 Å². The van der Waals surface area contributed by atoms with Crippen molar-refractivity contribution in [2.45, 2.75) is 0 Å². The lowest BCUT2D eigenvalue weighted by Crippen LogP contribution is -2.00. The number of nitrogens with zero attached hydrogens (tertiary/aromatic N) is 3. The summed E-state index contributed by atoms with van der Waals surface area (Å²) in [6.07, 6.45) is 0. The second kappa shape index (κ2) is 16.1. The van der Waals surface area contributed by atoms with E-state index >= 15 is 0 Å². The van der Waals surface area contributed by atoms with Crippen LogP contribution in [0.4, 0.5) is 0 Å². The molecule has 0 radical (unpaired) electrons. The van der Waals surface area contributed by atoms with E-state index in [1.165, 1.54) is 54.9 Å². The Hall–Kier alpha value is -8.27. The molecule has 0 bridgehead atoms. The van der Waals surface area contributed by atoms with Crippen molar-refractivity contribution in [3.05, 3.63) is 237 Å².